The minimum Gasteiger partial charge on any atom is -0.374 e. The minimum atomic E-state index is -0.511. The largest absolute Gasteiger partial charge is 0.374 e. The van der Waals surface area contributed by atoms with Crippen molar-refractivity contribution < 1.29 is 14.5 Å². The zero-order chi connectivity index (χ0) is 16.1. The lowest BCUT2D eigenvalue weighted by Crippen LogP contribution is -2.28. The Bertz CT molecular complexity index is 672. The van der Waals surface area contributed by atoms with E-state index in [4.69, 9.17) is 16.3 Å². The molecule has 0 fully saturated rings. The summed E-state index contributed by atoms with van der Waals surface area (Å²) >= 11 is 7.27. The molecule has 0 aliphatic carbocycles. The maximum atomic E-state index is 12.0. The van der Waals surface area contributed by atoms with E-state index in [0.29, 0.717) is 9.90 Å². The summed E-state index contributed by atoms with van der Waals surface area (Å²) in [6, 6.07) is 9.03. The lowest BCUT2D eigenvalue weighted by molar-refractivity contribution is -0.384. The number of benzene rings is 1. The number of halogens is 1. The van der Waals surface area contributed by atoms with Crippen molar-refractivity contribution in [3.63, 3.8) is 0 Å². The van der Waals surface area contributed by atoms with Crippen molar-refractivity contribution in [3.8, 4) is 0 Å². The van der Waals surface area contributed by atoms with Crippen LogP contribution in [0.4, 0.5) is 5.69 Å². The van der Waals surface area contributed by atoms with Crippen LogP contribution in [0.2, 0.25) is 4.34 Å². The van der Waals surface area contributed by atoms with E-state index >= 15 is 0 Å². The SMILES string of the molecule is COC(CNC(=O)c1ccc([N+](=O)[O-])cc1)c1ccc(Cl)s1. The van der Waals surface area contributed by atoms with E-state index in [2.05, 4.69) is 5.32 Å². The van der Waals surface area contributed by atoms with Gasteiger partial charge in [0.25, 0.3) is 11.6 Å². The third kappa shape index (κ3) is 4.03. The number of ether oxygens (including phenoxy) is 1. The zero-order valence-corrected chi connectivity index (χ0v) is 13.2. The summed E-state index contributed by atoms with van der Waals surface area (Å²) in [6.45, 7) is 0.281. The molecule has 1 heterocycles. The molecular weight excluding hydrogens is 328 g/mol. The number of carbonyl (C=O) groups is 1. The molecule has 0 radical (unpaired) electrons. The van der Waals surface area contributed by atoms with Gasteiger partial charge in [0.05, 0.1) is 9.26 Å². The highest BCUT2D eigenvalue weighted by atomic mass is 35.5. The van der Waals surface area contributed by atoms with Crippen LogP contribution in [0.15, 0.2) is 36.4 Å². The maximum Gasteiger partial charge on any atom is 0.269 e. The molecule has 0 aliphatic rings. The van der Waals surface area contributed by atoms with E-state index in [1.54, 1.807) is 13.2 Å². The number of nitrogens with one attached hydrogen (secondary N) is 1. The van der Waals surface area contributed by atoms with Crippen molar-refractivity contribution in [1.82, 2.24) is 5.32 Å². The first-order valence-corrected chi connectivity index (χ1v) is 7.51. The molecular formula is C14H13ClN2O4S. The predicted octanol–water partition coefficient (Wildman–Crippen LogP) is 3.43. The van der Waals surface area contributed by atoms with Gasteiger partial charge >= 0.3 is 0 Å². The van der Waals surface area contributed by atoms with Crippen LogP contribution in [0.1, 0.15) is 21.3 Å². The number of hydrogen-bond donors (Lipinski definition) is 1. The summed E-state index contributed by atoms with van der Waals surface area (Å²) in [4.78, 5) is 23.0. The van der Waals surface area contributed by atoms with Crippen LogP contribution in [0.5, 0.6) is 0 Å². The van der Waals surface area contributed by atoms with Crippen molar-refractivity contribution in [2.45, 2.75) is 6.10 Å². The van der Waals surface area contributed by atoms with E-state index in [1.807, 2.05) is 6.07 Å². The van der Waals surface area contributed by atoms with Gasteiger partial charge in [-0.2, -0.15) is 0 Å². The second kappa shape index (κ2) is 7.35. The molecule has 22 heavy (non-hydrogen) atoms. The average molecular weight is 341 g/mol. The number of nitro groups is 1. The molecule has 1 aromatic carbocycles. The van der Waals surface area contributed by atoms with Crippen LogP contribution in [0, 0.1) is 10.1 Å². The van der Waals surface area contributed by atoms with E-state index in [1.165, 1.54) is 35.6 Å². The van der Waals surface area contributed by atoms with Gasteiger partial charge in [-0.05, 0) is 24.3 Å². The highest BCUT2D eigenvalue weighted by molar-refractivity contribution is 7.16. The normalized spacial score (nSPS) is 11.9. The van der Waals surface area contributed by atoms with Crippen LogP contribution < -0.4 is 5.32 Å². The van der Waals surface area contributed by atoms with Gasteiger partial charge in [-0.15, -0.1) is 11.3 Å². The fraction of sp³-hybridized carbons (Fsp3) is 0.214. The van der Waals surface area contributed by atoms with E-state index in [0.717, 1.165) is 4.88 Å². The van der Waals surface area contributed by atoms with E-state index in [9.17, 15) is 14.9 Å². The first kappa shape index (κ1) is 16.4. The number of carbonyl (C=O) groups excluding carboxylic acids is 1. The molecule has 1 aromatic heterocycles. The van der Waals surface area contributed by atoms with Crippen LogP contribution in [0.25, 0.3) is 0 Å². The molecule has 2 rings (SSSR count). The summed E-state index contributed by atoms with van der Waals surface area (Å²) < 4.78 is 5.99. The van der Waals surface area contributed by atoms with Crippen molar-refractivity contribution in [2.24, 2.45) is 0 Å². The van der Waals surface area contributed by atoms with Crippen molar-refractivity contribution in [1.29, 1.82) is 0 Å². The van der Waals surface area contributed by atoms with Gasteiger partial charge in [0.1, 0.15) is 6.10 Å². The average Bonchev–Trinajstić information content (AvgIpc) is 2.94. The Hall–Kier alpha value is -1.96. The lowest BCUT2D eigenvalue weighted by atomic mass is 10.2. The third-order valence-corrected chi connectivity index (χ3v) is 4.31. The molecule has 1 unspecified atom stereocenters. The van der Waals surface area contributed by atoms with Gasteiger partial charge < -0.3 is 10.1 Å². The Labute approximate surface area is 135 Å². The first-order chi connectivity index (χ1) is 10.5. The number of thiophene rings is 1. The van der Waals surface area contributed by atoms with Gasteiger partial charge in [-0.25, -0.2) is 0 Å². The molecule has 8 heteroatoms. The monoisotopic (exact) mass is 340 g/mol. The van der Waals surface area contributed by atoms with Gasteiger partial charge in [0.15, 0.2) is 0 Å². The Morgan fingerprint density at radius 1 is 1.36 bits per heavy atom. The van der Waals surface area contributed by atoms with E-state index < -0.39 is 4.92 Å². The fourth-order valence-corrected chi connectivity index (χ4v) is 2.96. The zero-order valence-electron chi connectivity index (χ0n) is 11.6. The molecule has 2 aromatic rings. The van der Waals surface area contributed by atoms with Crippen molar-refractivity contribution in [3.05, 3.63) is 61.3 Å². The van der Waals surface area contributed by atoms with Crippen molar-refractivity contribution in [2.75, 3.05) is 13.7 Å². The summed E-state index contributed by atoms with van der Waals surface area (Å²) in [7, 11) is 1.55. The van der Waals surface area contributed by atoms with Crippen LogP contribution in [0.3, 0.4) is 0 Å². The second-order valence-corrected chi connectivity index (χ2v) is 6.13. The number of methoxy groups -OCH3 is 1. The molecule has 0 saturated carbocycles. The Morgan fingerprint density at radius 3 is 2.55 bits per heavy atom. The molecule has 1 N–H and O–H groups in total. The Balaban J connectivity index is 1.97. The number of nitro benzene ring substituents is 1. The first-order valence-electron chi connectivity index (χ1n) is 6.32. The Kier molecular flexibility index (Phi) is 5.48. The molecule has 0 bridgehead atoms. The molecule has 0 saturated heterocycles. The van der Waals surface area contributed by atoms with Gasteiger partial charge in [0.2, 0.25) is 0 Å². The second-order valence-electron chi connectivity index (χ2n) is 4.38. The fourth-order valence-electron chi connectivity index (χ4n) is 1.82. The molecule has 1 amide bonds. The van der Waals surface area contributed by atoms with Crippen molar-refractivity contribution >= 4 is 34.5 Å². The van der Waals surface area contributed by atoms with Gasteiger partial charge in [-0.1, -0.05) is 11.6 Å². The van der Waals surface area contributed by atoms with Gasteiger partial charge in [-0.3, -0.25) is 14.9 Å². The smallest absolute Gasteiger partial charge is 0.269 e. The summed E-state index contributed by atoms with van der Waals surface area (Å²) in [5, 5.41) is 13.3. The highest BCUT2D eigenvalue weighted by Gasteiger charge is 2.15. The predicted molar refractivity (Wildman–Crippen MR) is 84.5 cm³/mol. The molecule has 1 atom stereocenters. The quantitative estimate of drug-likeness (QED) is 0.645. The number of hydrogen-bond acceptors (Lipinski definition) is 5. The standard InChI is InChI=1S/C14H13ClN2O4S/c1-21-11(12-6-7-13(15)22-12)8-16-14(18)9-2-4-10(5-3-9)17(19)20/h2-7,11H,8H2,1H3,(H,16,18). The number of nitrogens with zero attached hydrogens (tertiary/aromatic N) is 1. The summed E-state index contributed by atoms with van der Waals surface area (Å²) in [5.74, 6) is -0.320. The number of non-ortho nitro benzene ring substituents is 1. The number of rotatable bonds is 6. The summed E-state index contributed by atoms with van der Waals surface area (Å²) in [6.07, 6.45) is -0.292. The number of amides is 1. The third-order valence-electron chi connectivity index (χ3n) is 2.98. The Morgan fingerprint density at radius 2 is 2.05 bits per heavy atom. The molecule has 116 valence electrons. The highest BCUT2D eigenvalue weighted by Crippen LogP contribution is 2.28. The topological polar surface area (TPSA) is 81.5 Å². The minimum absolute atomic E-state index is 0.0560. The molecule has 6 nitrogen and oxygen atoms in total. The van der Waals surface area contributed by atoms with Crippen LogP contribution in [-0.2, 0) is 4.74 Å². The molecule has 0 spiro atoms. The maximum absolute atomic E-state index is 12.0. The lowest BCUT2D eigenvalue weighted by Gasteiger charge is -2.14. The van der Waals surface area contributed by atoms with Crippen LogP contribution >= 0.6 is 22.9 Å². The molecule has 0 aliphatic heterocycles. The summed E-state index contributed by atoms with van der Waals surface area (Å²) in [5.41, 5.74) is 0.296. The van der Waals surface area contributed by atoms with Crippen LogP contribution in [-0.4, -0.2) is 24.5 Å². The van der Waals surface area contributed by atoms with E-state index in [-0.39, 0.29) is 24.2 Å². The van der Waals surface area contributed by atoms with Gasteiger partial charge in [0, 0.05) is 36.2 Å².